The number of rotatable bonds is 26. The van der Waals surface area contributed by atoms with E-state index in [1.165, 1.54) is 0 Å². The van der Waals surface area contributed by atoms with Gasteiger partial charge in [0.15, 0.2) is 22.8 Å². The summed E-state index contributed by atoms with van der Waals surface area (Å²) in [6.45, 7) is 34.5. The van der Waals surface area contributed by atoms with Crippen molar-refractivity contribution in [2.24, 2.45) is 17.3 Å². The standard InChI is InChI=1S/C43H72O12/c1-17-46-38(29-27-33(35(44)31(11)12)40(48-19-3,49-20-4)42(38,52-23-7)53-24-8)37(15,16)39(47-18-2)30-28-34(36(45)32(13)14)41(50-21-5,51-22-6)43(39,54-25-9)55-26-10/h27-30,33-34H,11,13,17-26H2,1-10,12,14-16H3. The van der Waals surface area contributed by atoms with Crippen molar-refractivity contribution < 1.29 is 57.0 Å². The lowest BCUT2D eigenvalue weighted by atomic mass is 9.50. The number of carbonyl (C=O) groups is 2. The Balaban J connectivity index is 3.59. The molecule has 0 spiro atoms. The van der Waals surface area contributed by atoms with Gasteiger partial charge >= 0.3 is 0 Å². The van der Waals surface area contributed by atoms with E-state index < -0.39 is 51.6 Å². The van der Waals surface area contributed by atoms with Crippen LogP contribution >= 0.6 is 0 Å². The number of hydrogen-bond acceptors (Lipinski definition) is 12. The monoisotopic (exact) mass is 781 g/mol. The second-order valence-corrected chi connectivity index (χ2v) is 14.0. The van der Waals surface area contributed by atoms with Crippen molar-refractivity contribution in [2.45, 2.75) is 131 Å². The normalized spacial score (nSPS) is 26.5. The minimum absolute atomic E-state index is 0.0885. The van der Waals surface area contributed by atoms with Gasteiger partial charge in [-0.25, -0.2) is 0 Å². The highest BCUT2D eigenvalue weighted by Crippen LogP contribution is 2.67. The van der Waals surface area contributed by atoms with E-state index in [1.54, 1.807) is 38.2 Å². The minimum atomic E-state index is -2.04. The largest absolute Gasteiger partial charge is 0.365 e. The first-order chi connectivity index (χ1) is 26.0. The molecular formula is C43H72O12. The molecule has 4 unspecified atom stereocenters. The molecule has 0 aromatic heterocycles. The van der Waals surface area contributed by atoms with Crippen LogP contribution < -0.4 is 0 Å². The maximum atomic E-state index is 14.3. The summed E-state index contributed by atoms with van der Waals surface area (Å²) >= 11 is 0. The van der Waals surface area contributed by atoms with Crippen LogP contribution in [0.5, 0.6) is 0 Å². The highest BCUT2D eigenvalue weighted by Gasteiger charge is 2.85. The molecule has 0 saturated heterocycles. The minimum Gasteiger partial charge on any atom is -0.365 e. The lowest BCUT2D eigenvalue weighted by Gasteiger charge is -2.70. The second-order valence-electron chi connectivity index (χ2n) is 14.0. The van der Waals surface area contributed by atoms with Gasteiger partial charge in [-0.3, -0.25) is 9.59 Å². The van der Waals surface area contributed by atoms with Crippen LogP contribution in [-0.2, 0) is 57.0 Å². The molecule has 2 rings (SSSR count). The molecule has 55 heavy (non-hydrogen) atoms. The molecule has 0 radical (unpaired) electrons. The molecule has 316 valence electrons. The zero-order valence-corrected chi connectivity index (χ0v) is 36.3. The van der Waals surface area contributed by atoms with Gasteiger partial charge in [0.1, 0.15) is 0 Å². The van der Waals surface area contributed by atoms with E-state index in [9.17, 15) is 9.59 Å². The molecular weight excluding hydrogens is 708 g/mol. The van der Waals surface area contributed by atoms with Gasteiger partial charge < -0.3 is 47.4 Å². The Labute approximate surface area is 331 Å². The SMILES string of the molecule is C=C(C)C(=O)C1C=CC(OCC)(C(C)(C)C2(OCC)C=CC(C(=O)C(=C)C)C(OCC)(OCC)C2(OCC)OCC)C(OCC)(OCC)C1(OCC)OCC. The van der Waals surface area contributed by atoms with E-state index in [-0.39, 0.29) is 77.6 Å². The molecule has 2 aliphatic rings. The third-order valence-electron chi connectivity index (χ3n) is 10.6. The zero-order chi connectivity index (χ0) is 41.9. The summed E-state index contributed by atoms with van der Waals surface area (Å²) in [7, 11) is 0. The Morgan fingerprint density at radius 1 is 0.473 bits per heavy atom. The van der Waals surface area contributed by atoms with E-state index in [4.69, 9.17) is 47.4 Å². The quantitative estimate of drug-likeness (QED) is 0.0497. The molecule has 4 atom stereocenters. The number of hydrogen-bond donors (Lipinski definition) is 0. The number of allylic oxidation sites excluding steroid dienone is 2. The van der Waals surface area contributed by atoms with E-state index >= 15 is 0 Å². The lowest BCUT2D eigenvalue weighted by Crippen LogP contribution is -2.87. The fourth-order valence-corrected chi connectivity index (χ4v) is 8.94. The molecule has 0 aromatic rings. The molecule has 0 aromatic carbocycles. The average Bonchev–Trinajstić information content (AvgIpc) is 3.12. The smallest absolute Gasteiger partial charge is 0.259 e. The highest BCUT2D eigenvalue weighted by molar-refractivity contribution is 5.99. The Morgan fingerprint density at radius 3 is 0.909 bits per heavy atom. The van der Waals surface area contributed by atoms with Gasteiger partial charge in [0.2, 0.25) is 11.6 Å². The van der Waals surface area contributed by atoms with Gasteiger partial charge in [-0.15, -0.1) is 0 Å². The summed E-state index contributed by atoms with van der Waals surface area (Å²) in [5.41, 5.74) is -4.43. The summed E-state index contributed by atoms with van der Waals surface area (Å²) in [6, 6.07) is 0. The first-order valence-electron chi connectivity index (χ1n) is 20.2. The summed E-state index contributed by atoms with van der Waals surface area (Å²) in [6.07, 6.45) is 7.07. The molecule has 0 fully saturated rings. The van der Waals surface area contributed by atoms with Crippen molar-refractivity contribution >= 4 is 11.6 Å². The first kappa shape index (κ1) is 49.0. The Bertz CT molecular complexity index is 1240. The van der Waals surface area contributed by atoms with E-state index in [1.807, 2.05) is 83.1 Å². The molecule has 0 amide bonds. The van der Waals surface area contributed by atoms with Crippen molar-refractivity contribution in [1.29, 1.82) is 0 Å². The van der Waals surface area contributed by atoms with Crippen LogP contribution in [0, 0.1) is 17.3 Å². The van der Waals surface area contributed by atoms with Crippen molar-refractivity contribution in [2.75, 3.05) is 66.1 Å². The van der Waals surface area contributed by atoms with Crippen LogP contribution in [0.15, 0.2) is 48.6 Å². The Hall–Kier alpha value is -2.10. The van der Waals surface area contributed by atoms with Crippen LogP contribution in [0.25, 0.3) is 0 Å². The average molecular weight is 781 g/mol. The van der Waals surface area contributed by atoms with Crippen LogP contribution in [0.3, 0.4) is 0 Å². The lowest BCUT2D eigenvalue weighted by molar-refractivity contribution is -0.500. The maximum Gasteiger partial charge on any atom is 0.259 e. The van der Waals surface area contributed by atoms with Crippen LogP contribution in [0.4, 0.5) is 0 Å². The van der Waals surface area contributed by atoms with Crippen molar-refractivity contribution in [3.63, 3.8) is 0 Å². The first-order valence-corrected chi connectivity index (χ1v) is 20.2. The van der Waals surface area contributed by atoms with Gasteiger partial charge in [-0.05, 0) is 106 Å². The summed E-state index contributed by atoms with van der Waals surface area (Å²) in [5.74, 6) is -10.8. The van der Waals surface area contributed by atoms with Gasteiger partial charge in [0.05, 0.1) is 11.8 Å². The Kier molecular flexibility index (Phi) is 17.9. The molecule has 2 aliphatic carbocycles. The third kappa shape index (κ3) is 7.43. The number of carbonyl (C=O) groups excluding carboxylic acids is 2. The van der Waals surface area contributed by atoms with Gasteiger partial charge in [-0.1, -0.05) is 39.2 Å². The zero-order valence-electron chi connectivity index (χ0n) is 36.3. The number of ether oxygens (including phenoxy) is 10. The predicted molar refractivity (Wildman–Crippen MR) is 211 cm³/mol. The van der Waals surface area contributed by atoms with Crippen LogP contribution in [-0.4, -0.2) is 112 Å². The molecule has 12 heteroatoms. The summed E-state index contributed by atoms with van der Waals surface area (Å²) in [4.78, 5) is 28.6. The summed E-state index contributed by atoms with van der Waals surface area (Å²) < 4.78 is 69.1. The second kappa shape index (κ2) is 20.0. The molecule has 0 heterocycles. The molecule has 0 aliphatic heterocycles. The van der Waals surface area contributed by atoms with Gasteiger partial charge in [0, 0.05) is 71.5 Å². The van der Waals surface area contributed by atoms with E-state index in [0.717, 1.165) is 0 Å². The predicted octanol–water partition coefficient (Wildman–Crippen LogP) is 7.30. The maximum absolute atomic E-state index is 14.3. The summed E-state index contributed by atoms with van der Waals surface area (Å²) in [5, 5.41) is 0. The Morgan fingerprint density at radius 2 is 0.709 bits per heavy atom. The van der Waals surface area contributed by atoms with Crippen molar-refractivity contribution in [3.05, 3.63) is 48.6 Å². The fraction of sp³-hybridized carbons (Fsp3) is 0.767. The molecule has 0 bridgehead atoms. The molecule has 0 saturated carbocycles. The van der Waals surface area contributed by atoms with Crippen LogP contribution in [0.2, 0.25) is 0 Å². The third-order valence-corrected chi connectivity index (χ3v) is 10.6. The van der Waals surface area contributed by atoms with Gasteiger partial charge in [-0.2, -0.15) is 0 Å². The highest BCUT2D eigenvalue weighted by atomic mass is 16.8. The van der Waals surface area contributed by atoms with Crippen LogP contribution in [0.1, 0.15) is 96.9 Å². The fourth-order valence-electron chi connectivity index (χ4n) is 8.94. The van der Waals surface area contributed by atoms with E-state index in [0.29, 0.717) is 11.1 Å². The molecule has 12 nitrogen and oxygen atoms in total. The topological polar surface area (TPSA) is 126 Å². The van der Waals surface area contributed by atoms with Crippen molar-refractivity contribution in [3.8, 4) is 0 Å². The number of Topliss-reactive ketones (excluding diaryl/α,β-unsaturated/α-hetero) is 2. The number of ketones is 2. The van der Waals surface area contributed by atoms with E-state index in [2.05, 4.69) is 13.2 Å². The van der Waals surface area contributed by atoms with Gasteiger partial charge in [0.25, 0.3) is 11.6 Å². The van der Waals surface area contributed by atoms with Crippen molar-refractivity contribution in [1.82, 2.24) is 0 Å². The molecule has 0 N–H and O–H groups in total.